The summed E-state index contributed by atoms with van der Waals surface area (Å²) in [7, 11) is 0. The summed E-state index contributed by atoms with van der Waals surface area (Å²) in [5.74, 6) is -0.144. The highest BCUT2D eigenvalue weighted by molar-refractivity contribution is 5.86. The molecule has 0 aliphatic carbocycles. The molecule has 0 aliphatic rings. The maximum atomic E-state index is 12.2. The Hall–Kier alpha value is -2.69. The summed E-state index contributed by atoms with van der Waals surface area (Å²) >= 11 is 0. The number of carbonyl (C=O) groups is 1. The first-order valence-corrected chi connectivity index (χ1v) is 9.27. The van der Waals surface area contributed by atoms with Crippen LogP contribution in [0.5, 0.6) is 0 Å². The van der Waals surface area contributed by atoms with E-state index in [-0.39, 0.29) is 5.91 Å². The summed E-state index contributed by atoms with van der Waals surface area (Å²) in [5.41, 5.74) is 8.44. The average molecular weight is 362 g/mol. The van der Waals surface area contributed by atoms with E-state index in [1.165, 1.54) is 6.92 Å². The topological polar surface area (TPSA) is 66.6 Å². The van der Waals surface area contributed by atoms with Crippen LogP contribution in [0.1, 0.15) is 24.5 Å². The van der Waals surface area contributed by atoms with Crippen molar-refractivity contribution in [3.05, 3.63) is 83.9 Å². The zero-order chi connectivity index (χ0) is 19.2. The molecule has 0 saturated heterocycles. The fourth-order valence-corrected chi connectivity index (χ4v) is 3.38. The van der Waals surface area contributed by atoms with Crippen molar-refractivity contribution in [2.45, 2.75) is 38.6 Å². The van der Waals surface area contributed by atoms with Gasteiger partial charge in [-0.05, 0) is 34.7 Å². The number of nitrogens with two attached hydrogens (primary N) is 1. The maximum Gasteiger partial charge on any atom is 0.221 e. The number of aliphatic hydroxyl groups is 1. The first kappa shape index (κ1) is 19.1. The number of aliphatic hydroxyl groups excluding tert-OH is 1. The van der Waals surface area contributed by atoms with Crippen molar-refractivity contribution >= 4 is 16.7 Å². The molecule has 0 aromatic heterocycles. The lowest BCUT2D eigenvalue weighted by Crippen LogP contribution is -2.51. The number of benzene rings is 3. The molecule has 0 fully saturated rings. The van der Waals surface area contributed by atoms with Crippen molar-refractivity contribution in [2.75, 3.05) is 0 Å². The highest BCUT2D eigenvalue weighted by Crippen LogP contribution is 2.21. The van der Waals surface area contributed by atoms with Gasteiger partial charge in [-0.3, -0.25) is 4.79 Å². The average Bonchev–Trinajstić information content (AvgIpc) is 2.70. The highest BCUT2D eigenvalue weighted by Gasteiger charge is 2.25. The molecule has 0 heterocycles. The molecule has 3 rings (SSSR count). The van der Waals surface area contributed by atoms with E-state index in [4.69, 9.17) is 5.73 Å². The molecule has 2 unspecified atom stereocenters. The van der Waals surface area contributed by atoms with E-state index in [1.54, 1.807) is 4.90 Å². The Kier molecular flexibility index (Phi) is 6.22. The number of rotatable bonds is 7. The van der Waals surface area contributed by atoms with Crippen molar-refractivity contribution in [1.29, 1.82) is 0 Å². The number of hydrogen-bond donors (Lipinski definition) is 2. The Bertz CT molecular complexity index is 890. The van der Waals surface area contributed by atoms with E-state index in [0.29, 0.717) is 13.0 Å². The molecule has 3 aromatic carbocycles. The van der Waals surface area contributed by atoms with Gasteiger partial charge in [-0.1, -0.05) is 72.8 Å². The van der Waals surface area contributed by atoms with Crippen LogP contribution in [-0.2, 0) is 17.8 Å². The molecule has 4 heteroatoms. The predicted octanol–water partition coefficient (Wildman–Crippen LogP) is 3.47. The second kappa shape index (κ2) is 8.80. The lowest BCUT2D eigenvalue weighted by atomic mass is 10.0. The van der Waals surface area contributed by atoms with Crippen LogP contribution in [0.15, 0.2) is 72.8 Å². The van der Waals surface area contributed by atoms with Gasteiger partial charge in [-0.25, -0.2) is 0 Å². The Morgan fingerprint density at radius 3 is 2.41 bits per heavy atom. The molecule has 1 amide bonds. The van der Waals surface area contributed by atoms with Crippen LogP contribution in [-0.4, -0.2) is 28.2 Å². The third-order valence-corrected chi connectivity index (χ3v) is 4.95. The Morgan fingerprint density at radius 2 is 1.67 bits per heavy atom. The third kappa shape index (κ3) is 4.73. The van der Waals surface area contributed by atoms with Crippen molar-refractivity contribution < 1.29 is 9.90 Å². The number of aryl methyl sites for hydroxylation is 1. The largest absolute Gasteiger partial charge is 0.390 e. The zero-order valence-corrected chi connectivity index (χ0v) is 15.6. The van der Waals surface area contributed by atoms with Crippen LogP contribution in [0.3, 0.4) is 0 Å². The minimum absolute atomic E-state index is 0.144. The quantitative estimate of drug-likeness (QED) is 0.633. The molecule has 3 N–H and O–H groups in total. The molecule has 4 nitrogen and oxygen atoms in total. The first-order valence-electron chi connectivity index (χ1n) is 9.27. The van der Waals surface area contributed by atoms with Gasteiger partial charge in [0.1, 0.15) is 6.17 Å². The van der Waals surface area contributed by atoms with E-state index in [0.717, 1.165) is 28.3 Å². The van der Waals surface area contributed by atoms with Crippen molar-refractivity contribution in [3.8, 4) is 0 Å². The van der Waals surface area contributed by atoms with Gasteiger partial charge in [0.05, 0.1) is 6.10 Å². The van der Waals surface area contributed by atoms with Crippen LogP contribution in [0.4, 0.5) is 0 Å². The van der Waals surface area contributed by atoms with Gasteiger partial charge in [-0.15, -0.1) is 0 Å². The van der Waals surface area contributed by atoms with Crippen molar-refractivity contribution in [1.82, 2.24) is 4.90 Å². The highest BCUT2D eigenvalue weighted by atomic mass is 16.3. The molecule has 140 valence electrons. The summed E-state index contributed by atoms with van der Waals surface area (Å²) in [6.45, 7) is 1.87. The van der Waals surface area contributed by atoms with Crippen LogP contribution >= 0.6 is 0 Å². The van der Waals surface area contributed by atoms with Crippen molar-refractivity contribution in [3.63, 3.8) is 0 Å². The number of nitrogens with zero attached hydrogens (tertiary/aromatic N) is 1. The summed E-state index contributed by atoms with van der Waals surface area (Å²) in [6.07, 6.45) is -0.311. The molecule has 0 aliphatic heterocycles. The van der Waals surface area contributed by atoms with Crippen LogP contribution in [0, 0.1) is 0 Å². The van der Waals surface area contributed by atoms with Crippen LogP contribution in [0.25, 0.3) is 10.8 Å². The molecule has 0 bridgehead atoms. The second-order valence-electron chi connectivity index (χ2n) is 6.87. The molecule has 0 spiro atoms. The SMILES string of the molecule is CC(=O)N(Cc1cccc2ccccc12)C(N)C(O)CCc1ccccc1. The van der Waals surface area contributed by atoms with E-state index in [1.807, 2.05) is 72.8 Å². The van der Waals surface area contributed by atoms with Gasteiger partial charge in [0.2, 0.25) is 5.91 Å². The zero-order valence-electron chi connectivity index (χ0n) is 15.6. The van der Waals surface area contributed by atoms with Gasteiger partial charge in [0.15, 0.2) is 0 Å². The molecule has 2 atom stereocenters. The van der Waals surface area contributed by atoms with Crippen LogP contribution < -0.4 is 5.73 Å². The number of carbonyl (C=O) groups excluding carboxylic acids is 1. The molecule has 27 heavy (non-hydrogen) atoms. The number of hydrogen-bond acceptors (Lipinski definition) is 3. The minimum atomic E-state index is -0.788. The smallest absolute Gasteiger partial charge is 0.221 e. The van der Waals surface area contributed by atoms with E-state index in [9.17, 15) is 9.90 Å². The Morgan fingerprint density at radius 1 is 1.00 bits per heavy atom. The Balaban J connectivity index is 1.73. The summed E-state index contributed by atoms with van der Waals surface area (Å²) < 4.78 is 0. The van der Waals surface area contributed by atoms with Crippen molar-refractivity contribution in [2.24, 2.45) is 5.73 Å². The minimum Gasteiger partial charge on any atom is -0.390 e. The number of amides is 1. The predicted molar refractivity (Wildman–Crippen MR) is 109 cm³/mol. The van der Waals surface area contributed by atoms with E-state index < -0.39 is 12.3 Å². The van der Waals surface area contributed by atoms with Gasteiger partial charge in [-0.2, -0.15) is 0 Å². The lowest BCUT2D eigenvalue weighted by Gasteiger charge is -2.32. The molecule has 0 saturated carbocycles. The van der Waals surface area contributed by atoms with Gasteiger partial charge >= 0.3 is 0 Å². The second-order valence-corrected chi connectivity index (χ2v) is 6.87. The molecule has 0 radical (unpaired) electrons. The van der Waals surface area contributed by atoms with Gasteiger partial charge in [0.25, 0.3) is 0 Å². The van der Waals surface area contributed by atoms with Gasteiger partial charge in [0, 0.05) is 13.5 Å². The Labute approximate surface area is 160 Å². The normalized spacial score (nSPS) is 13.3. The standard InChI is InChI=1S/C23H26N2O2/c1-17(26)25(16-20-12-7-11-19-10-5-6-13-21(19)20)23(24)22(27)15-14-18-8-3-2-4-9-18/h2-13,22-23,27H,14-16,24H2,1H3. The third-order valence-electron chi connectivity index (χ3n) is 4.95. The summed E-state index contributed by atoms with van der Waals surface area (Å²) in [5, 5.41) is 12.8. The lowest BCUT2D eigenvalue weighted by molar-refractivity contribution is -0.134. The summed E-state index contributed by atoms with van der Waals surface area (Å²) in [6, 6.07) is 24.1. The monoisotopic (exact) mass is 362 g/mol. The fraction of sp³-hybridized carbons (Fsp3) is 0.261. The van der Waals surface area contributed by atoms with E-state index >= 15 is 0 Å². The van der Waals surface area contributed by atoms with E-state index in [2.05, 4.69) is 0 Å². The van der Waals surface area contributed by atoms with Crippen LogP contribution in [0.2, 0.25) is 0 Å². The number of fused-ring (bicyclic) bond motifs is 1. The first-order chi connectivity index (χ1) is 13.1. The molecular formula is C23H26N2O2. The molecule has 3 aromatic rings. The molecular weight excluding hydrogens is 336 g/mol. The van der Waals surface area contributed by atoms with Gasteiger partial charge < -0.3 is 15.7 Å². The fourth-order valence-electron chi connectivity index (χ4n) is 3.38. The maximum absolute atomic E-state index is 12.2. The summed E-state index contributed by atoms with van der Waals surface area (Å²) in [4.78, 5) is 13.8.